The summed E-state index contributed by atoms with van der Waals surface area (Å²) in [6, 6.07) is 6.99. The van der Waals surface area contributed by atoms with Crippen molar-refractivity contribution in [2.24, 2.45) is 0 Å². The highest BCUT2D eigenvalue weighted by molar-refractivity contribution is 9.10. The third kappa shape index (κ3) is 4.49. The first-order valence-corrected chi connectivity index (χ1v) is 5.98. The van der Waals surface area contributed by atoms with Crippen LogP contribution >= 0.6 is 27.7 Å². The maximum absolute atomic E-state index is 13.4. The molecule has 0 radical (unpaired) electrons. The Bertz CT molecular complexity index is 331. The van der Waals surface area contributed by atoms with Crippen molar-refractivity contribution in [2.45, 2.75) is 10.2 Å². The molecule has 1 rings (SSSR count). The van der Waals surface area contributed by atoms with Crippen molar-refractivity contribution >= 4 is 27.7 Å². The van der Waals surface area contributed by atoms with E-state index in [0.29, 0.717) is 21.1 Å². The van der Waals surface area contributed by atoms with E-state index in [2.05, 4.69) is 15.9 Å². The van der Waals surface area contributed by atoms with Gasteiger partial charge in [-0.2, -0.15) is 8.78 Å². The van der Waals surface area contributed by atoms with Crippen LogP contribution in [0.25, 0.3) is 0 Å². The molecule has 84 valence electrons. The molecule has 0 amide bonds. The van der Waals surface area contributed by atoms with E-state index in [0.717, 1.165) is 0 Å². The summed E-state index contributed by atoms with van der Waals surface area (Å²) in [5, 5.41) is -2.77. The summed E-state index contributed by atoms with van der Waals surface area (Å²) in [7, 11) is 3.27. The molecule has 0 spiro atoms. The molecule has 1 nitrogen and oxygen atoms in total. The summed E-state index contributed by atoms with van der Waals surface area (Å²) in [6.45, 7) is -0.265. The highest BCUT2D eigenvalue weighted by atomic mass is 79.9. The molecule has 0 bridgehead atoms. The normalized spacial score (nSPS) is 12.1. The van der Waals surface area contributed by atoms with Gasteiger partial charge in [0.15, 0.2) is 0 Å². The molecule has 1 aromatic rings. The maximum atomic E-state index is 13.4. The highest BCUT2D eigenvalue weighted by Gasteiger charge is 2.31. The summed E-state index contributed by atoms with van der Waals surface area (Å²) in [5.41, 5.74) is 0. The predicted molar refractivity (Wildman–Crippen MR) is 63.5 cm³/mol. The Kier molecular flexibility index (Phi) is 4.55. The number of halogens is 3. The smallest absolute Gasteiger partial charge is 0.303 e. The zero-order valence-electron chi connectivity index (χ0n) is 8.51. The van der Waals surface area contributed by atoms with Crippen LogP contribution in [-0.4, -0.2) is 30.8 Å². The number of hydrogen-bond donors (Lipinski definition) is 0. The van der Waals surface area contributed by atoms with Gasteiger partial charge in [0.25, 0.3) is 0 Å². The zero-order chi connectivity index (χ0) is 11.5. The van der Waals surface area contributed by atoms with Crippen LogP contribution in [0.4, 0.5) is 8.78 Å². The van der Waals surface area contributed by atoms with Gasteiger partial charge in [-0.25, -0.2) is 0 Å². The monoisotopic (exact) mass is 295 g/mol. The van der Waals surface area contributed by atoms with Gasteiger partial charge >= 0.3 is 5.25 Å². The Morgan fingerprint density at radius 1 is 1.33 bits per heavy atom. The fourth-order valence-electron chi connectivity index (χ4n) is 1.09. The first-order chi connectivity index (χ1) is 6.91. The van der Waals surface area contributed by atoms with Gasteiger partial charge in [-0.3, -0.25) is 0 Å². The lowest BCUT2D eigenvalue weighted by molar-refractivity contribution is 0.0731. The number of benzene rings is 1. The minimum Gasteiger partial charge on any atom is -0.303 e. The van der Waals surface area contributed by atoms with Crippen molar-refractivity contribution in [1.82, 2.24) is 4.90 Å². The van der Waals surface area contributed by atoms with E-state index in [1.807, 2.05) is 0 Å². The van der Waals surface area contributed by atoms with Crippen molar-refractivity contribution in [3.63, 3.8) is 0 Å². The van der Waals surface area contributed by atoms with E-state index in [1.54, 1.807) is 38.4 Å². The molecule has 0 aliphatic heterocycles. The zero-order valence-corrected chi connectivity index (χ0v) is 10.9. The maximum Gasteiger partial charge on any atom is 0.310 e. The molecule has 15 heavy (non-hydrogen) atoms. The molecule has 5 heteroatoms. The summed E-state index contributed by atoms with van der Waals surface area (Å²) < 4.78 is 27.6. The molecular weight excluding hydrogens is 284 g/mol. The highest BCUT2D eigenvalue weighted by Crippen LogP contribution is 2.39. The van der Waals surface area contributed by atoms with Crippen LogP contribution in [0.2, 0.25) is 0 Å². The van der Waals surface area contributed by atoms with Crippen LogP contribution in [0.5, 0.6) is 0 Å². The SMILES string of the molecule is CN(C)CC(F)(F)Sc1ccccc1Br. The summed E-state index contributed by atoms with van der Waals surface area (Å²) >= 11 is 3.83. The van der Waals surface area contributed by atoms with E-state index in [9.17, 15) is 8.78 Å². The summed E-state index contributed by atoms with van der Waals surface area (Å²) in [4.78, 5) is 2.04. The Morgan fingerprint density at radius 3 is 2.47 bits per heavy atom. The van der Waals surface area contributed by atoms with Gasteiger partial charge in [0, 0.05) is 9.37 Å². The summed E-state index contributed by atoms with van der Waals surface area (Å²) in [5.74, 6) is 0. The number of hydrogen-bond acceptors (Lipinski definition) is 2. The Balaban J connectivity index is 2.73. The second kappa shape index (κ2) is 5.27. The molecule has 0 N–H and O–H groups in total. The fraction of sp³-hybridized carbons (Fsp3) is 0.400. The lowest BCUT2D eigenvalue weighted by atomic mass is 10.4. The molecular formula is C10H12BrF2NS. The molecule has 0 aliphatic rings. The lowest BCUT2D eigenvalue weighted by Crippen LogP contribution is -2.28. The van der Waals surface area contributed by atoms with Gasteiger partial charge in [0.1, 0.15) is 0 Å². The molecule has 1 aromatic carbocycles. The van der Waals surface area contributed by atoms with Crippen LogP contribution in [0.1, 0.15) is 0 Å². The van der Waals surface area contributed by atoms with E-state index >= 15 is 0 Å². The standard InChI is InChI=1S/C10H12BrF2NS/c1-14(2)7-10(12,13)15-9-6-4-3-5-8(9)11/h3-6H,7H2,1-2H3. The summed E-state index contributed by atoms with van der Waals surface area (Å²) in [6.07, 6.45) is 0. The molecule has 0 aromatic heterocycles. The second-order valence-corrected chi connectivity index (χ2v) is 5.50. The van der Waals surface area contributed by atoms with Gasteiger partial charge in [-0.05, 0) is 53.9 Å². The predicted octanol–water partition coefficient (Wildman–Crippen LogP) is 3.70. The van der Waals surface area contributed by atoms with Crippen molar-refractivity contribution in [1.29, 1.82) is 0 Å². The van der Waals surface area contributed by atoms with Crippen molar-refractivity contribution < 1.29 is 8.78 Å². The molecule has 0 heterocycles. The molecule has 0 unspecified atom stereocenters. The third-order valence-corrected chi connectivity index (χ3v) is 3.55. The minimum absolute atomic E-state index is 0.265. The molecule has 0 atom stereocenters. The average molecular weight is 296 g/mol. The second-order valence-electron chi connectivity index (χ2n) is 3.41. The average Bonchev–Trinajstić information content (AvgIpc) is 2.06. The Labute approximate surface area is 101 Å². The van der Waals surface area contributed by atoms with Crippen LogP contribution < -0.4 is 0 Å². The first kappa shape index (κ1) is 12.9. The number of rotatable bonds is 4. The van der Waals surface area contributed by atoms with E-state index in [1.165, 1.54) is 4.90 Å². The fourth-order valence-corrected chi connectivity index (χ4v) is 2.57. The molecule has 0 saturated carbocycles. The van der Waals surface area contributed by atoms with Crippen LogP contribution in [0, 0.1) is 0 Å². The molecule has 0 fully saturated rings. The van der Waals surface area contributed by atoms with Gasteiger partial charge in [-0.15, -0.1) is 0 Å². The van der Waals surface area contributed by atoms with E-state index in [4.69, 9.17) is 0 Å². The van der Waals surface area contributed by atoms with Crippen LogP contribution in [0.15, 0.2) is 33.6 Å². The minimum atomic E-state index is -2.77. The van der Waals surface area contributed by atoms with Gasteiger partial charge < -0.3 is 4.90 Å². The number of alkyl halides is 2. The van der Waals surface area contributed by atoms with Gasteiger partial charge in [0.05, 0.1) is 6.54 Å². The topological polar surface area (TPSA) is 3.24 Å². The van der Waals surface area contributed by atoms with Crippen molar-refractivity contribution in [2.75, 3.05) is 20.6 Å². The first-order valence-electron chi connectivity index (χ1n) is 4.37. The quantitative estimate of drug-likeness (QED) is 0.780. The van der Waals surface area contributed by atoms with Crippen LogP contribution in [0.3, 0.4) is 0 Å². The Morgan fingerprint density at radius 2 is 1.93 bits per heavy atom. The third-order valence-electron chi connectivity index (χ3n) is 1.60. The Hall–Kier alpha value is -0.130. The van der Waals surface area contributed by atoms with Crippen molar-refractivity contribution in [3.05, 3.63) is 28.7 Å². The molecule has 0 aliphatic carbocycles. The van der Waals surface area contributed by atoms with Gasteiger partial charge in [0.2, 0.25) is 0 Å². The van der Waals surface area contributed by atoms with Crippen molar-refractivity contribution in [3.8, 4) is 0 Å². The van der Waals surface area contributed by atoms with E-state index in [-0.39, 0.29) is 6.54 Å². The number of nitrogens with zero attached hydrogens (tertiary/aromatic N) is 1. The van der Waals surface area contributed by atoms with E-state index < -0.39 is 5.25 Å². The largest absolute Gasteiger partial charge is 0.310 e. The molecule has 0 saturated heterocycles. The van der Waals surface area contributed by atoms with Gasteiger partial charge in [-0.1, -0.05) is 12.1 Å². The lowest BCUT2D eigenvalue weighted by Gasteiger charge is -2.20. The van der Waals surface area contributed by atoms with Crippen LogP contribution in [-0.2, 0) is 0 Å². The number of thioether (sulfide) groups is 1.